The van der Waals surface area contributed by atoms with Gasteiger partial charge < -0.3 is 33.7 Å². The van der Waals surface area contributed by atoms with Gasteiger partial charge in [0.2, 0.25) is 6.79 Å². The zero-order chi connectivity index (χ0) is 35.5. The van der Waals surface area contributed by atoms with Gasteiger partial charge in [0.1, 0.15) is 12.2 Å². The number of allylic oxidation sites excluding steroid dienone is 2. The molecule has 2 amide bonds. The van der Waals surface area contributed by atoms with Crippen LogP contribution in [0.5, 0.6) is 0 Å². The number of rotatable bonds is 13. The van der Waals surface area contributed by atoms with Crippen LogP contribution in [0.15, 0.2) is 46.8 Å². The van der Waals surface area contributed by atoms with Gasteiger partial charge in [-0.25, -0.2) is 19.2 Å². The average molecular weight is 664 g/mol. The number of non-ortho nitro benzene ring substituents is 1. The van der Waals surface area contributed by atoms with Gasteiger partial charge in [0.15, 0.2) is 0 Å². The number of benzene rings is 1. The first-order valence-corrected chi connectivity index (χ1v) is 14.6. The van der Waals surface area contributed by atoms with E-state index >= 15 is 0 Å². The Morgan fingerprint density at radius 1 is 0.979 bits per heavy atom. The van der Waals surface area contributed by atoms with Crippen molar-refractivity contribution in [2.45, 2.75) is 72.5 Å². The first-order valence-electron chi connectivity index (χ1n) is 14.6. The first-order chi connectivity index (χ1) is 22.0. The van der Waals surface area contributed by atoms with Gasteiger partial charge in [0, 0.05) is 37.2 Å². The van der Waals surface area contributed by atoms with Crippen molar-refractivity contribution in [3.63, 3.8) is 0 Å². The highest BCUT2D eigenvalue weighted by Gasteiger charge is 2.43. The maximum Gasteiger partial charge on any atom is 0.421 e. The molecular formula is C31H41N3O13. The largest absolute Gasteiger partial charge is 0.460 e. The van der Waals surface area contributed by atoms with E-state index in [1.54, 1.807) is 34.6 Å². The molecule has 0 radical (unpaired) electrons. The van der Waals surface area contributed by atoms with Gasteiger partial charge in [0.05, 0.1) is 41.1 Å². The van der Waals surface area contributed by atoms with Crippen LogP contribution in [0, 0.1) is 10.1 Å². The monoisotopic (exact) mass is 663 g/mol. The van der Waals surface area contributed by atoms with Gasteiger partial charge in [-0.05, 0) is 54.0 Å². The lowest BCUT2D eigenvalue weighted by molar-refractivity contribution is -0.384. The fraction of sp³-hybridized carbons (Fsp3) is 0.516. The van der Waals surface area contributed by atoms with Crippen molar-refractivity contribution in [1.82, 2.24) is 10.2 Å². The minimum Gasteiger partial charge on any atom is -0.460 e. The summed E-state index contributed by atoms with van der Waals surface area (Å²) in [6.45, 7) is 9.99. The van der Waals surface area contributed by atoms with Crippen LogP contribution in [0.3, 0.4) is 0 Å². The number of methoxy groups -OCH3 is 1. The van der Waals surface area contributed by atoms with E-state index in [1.807, 2.05) is 0 Å². The number of amides is 2. The summed E-state index contributed by atoms with van der Waals surface area (Å²) in [4.78, 5) is 76.3. The Kier molecular flexibility index (Phi) is 13.9. The second kappa shape index (κ2) is 17.1. The molecule has 1 unspecified atom stereocenters. The number of ether oxygens (including phenoxy) is 6. The molecule has 0 aromatic heterocycles. The lowest BCUT2D eigenvalue weighted by Gasteiger charge is -2.36. The molecule has 0 fully saturated rings. The number of nitro benzene ring substituents is 1. The standard InChI is InChI=1S/C31H41N3O13/c1-18(2)46-28(37)25-20(4)33(30(39)45-17-44-23(35)12-13-32-29(38)47-31(5,6)7)19(3)24(27(36)43-15-14-42-8)26(25)21-10-9-11-22(16-21)34(40)41/h9-11,16,18,26H,12-15,17H2,1-8H3,(H,32,38). The molecule has 1 aliphatic heterocycles. The summed E-state index contributed by atoms with van der Waals surface area (Å²) < 4.78 is 31.0. The Balaban J connectivity index is 2.43. The second-order valence-corrected chi connectivity index (χ2v) is 11.4. The number of nitrogens with zero attached hydrogens (tertiary/aromatic N) is 2. The van der Waals surface area contributed by atoms with Crippen molar-refractivity contribution in [2.24, 2.45) is 0 Å². The predicted octanol–water partition coefficient (Wildman–Crippen LogP) is 4.24. The van der Waals surface area contributed by atoms with Crippen molar-refractivity contribution >= 4 is 35.8 Å². The molecule has 16 heteroatoms. The van der Waals surface area contributed by atoms with Crippen LogP contribution in [-0.4, -0.2) is 85.3 Å². The SMILES string of the molecule is COCCOC(=O)C1=C(C)N(C(=O)OCOC(=O)CCNC(=O)OC(C)(C)C)C(C)=C(C(=O)OC(C)C)C1c1cccc([N+](=O)[O-])c1. The van der Waals surface area contributed by atoms with E-state index in [1.165, 1.54) is 45.2 Å². The van der Waals surface area contributed by atoms with Crippen LogP contribution in [0.25, 0.3) is 0 Å². The van der Waals surface area contributed by atoms with Crippen LogP contribution >= 0.6 is 0 Å². The molecule has 1 atom stereocenters. The molecule has 1 heterocycles. The van der Waals surface area contributed by atoms with E-state index in [2.05, 4.69) is 5.32 Å². The quantitative estimate of drug-likeness (QED) is 0.0786. The van der Waals surface area contributed by atoms with Crippen LogP contribution in [0.2, 0.25) is 0 Å². The Morgan fingerprint density at radius 3 is 2.19 bits per heavy atom. The zero-order valence-corrected chi connectivity index (χ0v) is 27.7. The number of nitro groups is 1. The molecule has 1 N–H and O–H groups in total. The normalized spacial score (nSPS) is 14.8. The average Bonchev–Trinajstić information content (AvgIpc) is 2.95. The Hall–Kier alpha value is -4.99. The molecule has 0 spiro atoms. The van der Waals surface area contributed by atoms with Gasteiger partial charge in [-0.2, -0.15) is 0 Å². The number of nitrogens with one attached hydrogen (secondary N) is 1. The minimum absolute atomic E-state index is 0.00372. The molecule has 0 saturated heterocycles. The Labute approximate surface area is 272 Å². The first kappa shape index (κ1) is 38.2. The van der Waals surface area contributed by atoms with Crippen molar-refractivity contribution in [3.05, 3.63) is 62.5 Å². The number of carbonyl (C=O) groups excluding carboxylic acids is 5. The molecule has 2 rings (SSSR count). The summed E-state index contributed by atoms with van der Waals surface area (Å²) >= 11 is 0. The number of alkyl carbamates (subject to hydrolysis) is 1. The number of hydrogen-bond acceptors (Lipinski definition) is 13. The van der Waals surface area contributed by atoms with Gasteiger partial charge in [-0.15, -0.1) is 0 Å². The number of carbonyl (C=O) groups is 5. The van der Waals surface area contributed by atoms with Gasteiger partial charge in [0.25, 0.3) is 5.69 Å². The molecule has 1 aromatic rings. The van der Waals surface area contributed by atoms with Crippen LogP contribution in [-0.2, 0) is 42.8 Å². The molecule has 1 aromatic carbocycles. The smallest absolute Gasteiger partial charge is 0.421 e. The van der Waals surface area contributed by atoms with Crippen molar-refractivity contribution in [2.75, 3.05) is 33.7 Å². The molecule has 0 aliphatic carbocycles. The summed E-state index contributed by atoms with van der Waals surface area (Å²) in [6, 6.07) is 5.35. The molecule has 0 bridgehead atoms. The van der Waals surface area contributed by atoms with Gasteiger partial charge in [-0.1, -0.05) is 12.1 Å². The van der Waals surface area contributed by atoms with E-state index in [0.717, 1.165) is 4.90 Å². The van der Waals surface area contributed by atoms with E-state index in [0.29, 0.717) is 0 Å². The topological polar surface area (TPSA) is 199 Å². The molecule has 16 nitrogen and oxygen atoms in total. The highest BCUT2D eigenvalue weighted by atomic mass is 16.7. The summed E-state index contributed by atoms with van der Waals surface area (Å²) in [7, 11) is 1.40. The van der Waals surface area contributed by atoms with E-state index < -0.39 is 59.4 Å². The zero-order valence-electron chi connectivity index (χ0n) is 27.7. The van der Waals surface area contributed by atoms with Crippen LogP contribution in [0.1, 0.15) is 66.4 Å². The van der Waals surface area contributed by atoms with Crippen LogP contribution in [0.4, 0.5) is 15.3 Å². The minimum atomic E-state index is -1.24. The molecule has 258 valence electrons. The highest BCUT2D eigenvalue weighted by molar-refractivity contribution is 6.01. The van der Waals surface area contributed by atoms with Gasteiger partial charge in [-0.3, -0.25) is 19.8 Å². The molecule has 0 saturated carbocycles. The van der Waals surface area contributed by atoms with Crippen molar-refractivity contribution in [3.8, 4) is 0 Å². The fourth-order valence-electron chi connectivity index (χ4n) is 4.45. The second-order valence-electron chi connectivity index (χ2n) is 11.4. The Bertz CT molecular complexity index is 1430. The van der Waals surface area contributed by atoms with E-state index in [4.69, 9.17) is 28.4 Å². The highest BCUT2D eigenvalue weighted by Crippen LogP contribution is 2.44. The van der Waals surface area contributed by atoms with Crippen molar-refractivity contribution < 1.29 is 57.3 Å². The number of esters is 3. The third-order valence-electron chi connectivity index (χ3n) is 6.33. The van der Waals surface area contributed by atoms with Gasteiger partial charge >= 0.3 is 30.1 Å². The third-order valence-corrected chi connectivity index (χ3v) is 6.33. The van der Waals surface area contributed by atoms with Crippen molar-refractivity contribution in [1.29, 1.82) is 0 Å². The number of hydrogen-bond donors (Lipinski definition) is 1. The summed E-state index contributed by atoms with van der Waals surface area (Å²) in [5, 5.41) is 14.0. The third kappa shape index (κ3) is 11.1. The molecule has 47 heavy (non-hydrogen) atoms. The van der Waals surface area contributed by atoms with E-state index in [9.17, 15) is 34.1 Å². The lowest BCUT2D eigenvalue weighted by atomic mass is 9.79. The molecule has 1 aliphatic rings. The maximum atomic E-state index is 13.6. The summed E-state index contributed by atoms with van der Waals surface area (Å²) in [5.41, 5.74) is -1.22. The molecular weight excluding hydrogens is 622 g/mol. The fourth-order valence-corrected chi connectivity index (χ4v) is 4.45. The Morgan fingerprint density at radius 2 is 1.62 bits per heavy atom. The summed E-state index contributed by atoms with van der Waals surface area (Å²) in [5.74, 6) is -3.87. The van der Waals surface area contributed by atoms with Crippen LogP contribution < -0.4 is 5.32 Å². The van der Waals surface area contributed by atoms with E-state index in [-0.39, 0.29) is 60.0 Å². The maximum absolute atomic E-state index is 13.6. The lowest BCUT2D eigenvalue weighted by Crippen LogP contribution is -2.39. The predicted molar refractivity (Wildman–Crippen MR) is 163 cm³/mol. The summed E-state index contributed by atoms with van der Waals surface area (Å²) in [6.07, 6.45) is -2.71.